The van der Waals surface area contributed by atoms with Crippen LogP contribution < -0.4 is 0 Å². The van der Waals surface area contributed by atoms with Gasteiger partial charge in [0.2, 0.25) is 4.87 Å². The molecule has 1 heterocycles. The van der Waals surface area contributed by atoms with Crippen molar-refractivity contribution in [2.24, 2.45) is 5.92 Å². The van der Waals surface area contributed by atoms with Crippen molar-refractivity contribution < 1.29 is 47.6 Å². The normalized spacial score (nSPS) is 25.1. The first-order valence-electron chi connectivity index (χ1n) is 11.2. The van der Waals surface area contributed by atoms with E-state index in [-0.39, 0.29) is 44.7 Å². The van der Waals surface area contributed by atoms with Gasteiger partial charge < -0.3 is 28.4 Å². The van der Waals surface area contributed by atoms with Crippen molar-refractivity contribution in [2.75, 3.05) is 19.8 Å². The molecule has 0 amide bonds. The molecule has 0 aliphatic carbocycles. The van der Waals surface area contributed by atoms with Gasteiger partial charge in [0.15, 0.2) is 12.4 Å². The van der Waals surface area contributed by atoms with Crippen molar-refractivity contribution in [3.8, 4) is 0 Å². The third kappa shape index (κ3) is 8.12. The topological polar surface area (TPSA) is 124 Å². The Morgan fingerprint density at radius 2 is 1.42 bits per heavy atom. The van der Waals surface area contributed by atoms with E-state index in [4.69, 9.17) is 40.0 Å². The average Bonchev–Trinajstić information content (AvgIpc) is 2.74. The van der Waals surface area contributed by atoms with Gasteiger partial charge in [-0.15, -0.1) is 0 Å². The molecule has 1 fully saturated rings. The van der Waals surface area contributed by atoms with Crippen molar-refractivity contribution in [1.82, 2.24) is 0 Å². The van der Waals surface area contributed by atoms with Crippen LogP contribution in [-0.4, -0.2) is 73.2 Å². The molecule has 0 saturated carbocycles. The lowest BCUT2D eigenvalue weighted by molar-refractivity contribution is -0.290. The van der Waals surface area contributed by atoms with Crippen LogP contribution in [0.5, 0.6) is 0 Å². The van der Waals surface area contributed by atoms with E-state index in [1.165, 1.54) is 13.8 Å². The third-order valence-corrected chi connectivity index (χ3v) is 5.66. The molecule has 0 N–H and O–H groups in total. The molecular weight excluding hydrogens is 460 g/mol. The summed E-state index contributed by atoms with van der Waals surface area (Å²) in [5.74, 6) is -3.14. The summed E-state index contributed by atoms with van der Waals surface area (Å²) in [6.07, 6.45) is -2.41. The number of alkyl halides is 1. The zero-order valence-electron chi connectivity index (χ0n) is 20.1. The number of rotatable bonds is 12. The van der Waals surface area contributed by atoms with Crippen LogP contribution in [0.15, 0.2) is 0 Å². The number of hydrogen-bond donors (Lipinski definition) is 0. The fourth-order valence-electron chi connectivity index (χ4n) is 3.62. The van der Waals surface area contributed by atoms with Crippen LogP contribution in [0.2, 0.25) is 0 Å². The minimum absolute atomic E-state index is 0.00726. The molecule has 11 heteroatoms. The molecule has 1 saturated heterocycles. The van der Waals surface area contributed by atoms with Gasteiger partial charge in [-0.25, -0.2) is 9.59 Å². The number of hydrogen-bond acceptors (Lipinski definition) is 10. The fraction of sp³-hybridized carbons (Fsp3) is 0.818. The molecule has 0 aromatic carbocycles. The summed E-state index contributed by atoms with van der Waals surface area (Å²) in [6.45, 7) is 9.58. The highest BCUT2D eigenvalue weighted by Crippen LogP contribution is 2.33. The maximum atomic E-state index is 12.3. The largest absolute Gasteiger partial charge is 0.464 e. The molecule has 5 atom stereocenters. The van der Waals surface area contributed by atoms with Crippen LogP contribution in [0.3, 0.4) is 0 Å². The second kappa shape index (κ2) is 13.7. The highest BCUT2D eigenvalue weighted by Gasteiger charge is 2.49. The van der Waals surface area contributed by atoms with E-state index in [0.29, 0.717) is 6.42 Å². The first-order chi connectivity index (χ1) is 15.5. The molecule has 33 heavy (non-hydrogen) atoms. The van der Waals surface area contributed by atoms with Gasteiger partial charge in [-0.1, -0.05) is 25.4 Å². The second-order valence-electron chi connectivity index (χ2n) is 7.67. The first kappa shape index (κ1) is 29.1. The molecule has 0 aromatic rings. The Balaban J connectivity index is 2.93. The number of carbonyl (C=O) groups is 4. The van der Waals surface area contributed by atoms with Crippen LogP contribution in [0.4, 0.5) is 0 Å². The van der Waals surface area contributed by atoms with Gasteiger partial charge in [0, 0.05) is 19.8 Å². The molecule has 0 radical (unpaired) electrons. The zero-order valence-corrected chi connectivity index (χ0v) is 20.8. The molecule has 0 aromatic heterocycles. The molecule has 1 aliphatic rings. The minimum Gasteiger partial charge on any atom is -0.464 e. The van der Waals surface area contributed by atoms with Crippen molar-refractivity contribution in [3.63, 3.8) is 0 Å². The van der Waals surface area contributed by atoms with E-state index in [9.17, 15) is 19.2 Å². The Morgan fingerprint density at radius 3 is 1.88 bits per heavy atom. The van der Waals surface area contributed by atoms with Crippen molar-refractivity contribution in [1.29, 1.82) is 0 Å². The van der Waals surface area contributed by atoms with Gasteiger partial charge in [-0.05, 0) is 33.1 Å². The lowest BCUT2D eigenvalue weighted by atomic mass is 9.89. The maximum Gasteiger partial charge on any atom is 0.338 e. The number of halogens is 1. The predicted octanol–water partition coefficient (Wildman–Crippen LogP) is 2.52. The van der Waals surface area contributed by atoms with Gasteiger partial charge in [0.1, 0.15) is 6.10 Å². The summed E-state index contributed by atoms with van der Waals surface area (Å²) in [6, 6.07) is 0. The minimum atomic E-state index is -2.00. The quantitative estimate of drug-likeness (QED) is 0.131. The van der Waals surface area contributed by atoms with Crippen LogP contribution in [-0.2, 0) is 47.6 Å². The summed E-state index contributed by atoms with van der Waals surface area (Å²) >= 11 is 6.30. The number of carbonyl (C=O) groups excluding carboxylic acids is 4. The Morgan fingerprint density at radius 1 is 0.909 bits per heavy atom. The molecule has 1 unspecified atom stereocenters. The number of ether oxygens (including phenoxy) is 6. The monoisotopic (exact) mass is 494 g/mol. The highest BCUT2D eigenvalue weighted by atomic mass is 35.5. The third-order valence-electron chi connectivity index (χ3n) is 5.16. The fourth-order valence-corrected chi connectivity index (χ4v) is 3.86. The summed E-state index contributed by atoms with van der Waals surface area (Å²) < 4.78 is 32.5. The zero-order chi connectivity index (χ0) is 25.2. The molecule has 1 aliphatic heterocycles. The van der Waals surface area contributed by atoms with Crippen molar-refractivity contribution in [2.45, 2.75) is 90.3 Å². The van der Waals surface area contributed by atoms with Crippen LogP contribution in [0.1, 0.15) is 60.8 Å². The van der Waals surface area contributed by atoms with Crippen molar-refractivity contribution >= 4 is 35.5 Å². The molecule has 0 bridgehead atoms. The average molecular weight is 495 g/mol. The summed E-state index contributed by atoms with van der Waals surface area (Å²) in [5, 5.41) is 0. The Labute approximate surface area is 199 Å². The first-order valence-corrected chi connectivity index (χ1v) is 11.5. The molecule has 0 spiro atoms. The van der Waals surface area contributed by atoms with Crippen molar-refractivity contribution in [3.05, 3.63) is 0 Å². The predicted molar refractivity (Wildman–Crippen MR) is 116 cm³/mol. The Kier molecular flexibility index (Phi) is 12.1. The summed E-state index contributed by atoms with van der Waals surface area (Å²) in [7, 11) is 0. The molecule has 10 nitrogen and oxygen atoms in total. The van der Waals surface area contributed by atoms with E-state index < -0.39 is 47.2 Å². The second-order valence-corrected chi connectivity index (χ2v) is 8.32. The van der Waals surface area contributed by atoms with Gasteiger partial charge in [0.05, 0.1) is 25.9 Å². The smallest absolute Gasteiger partial charge is 0.338 e. The Hall–Kier alpha value is -1.91. The number of esters is 4. The molecule has 190 valence electrons. The maximum absolute atomic E-state index is 12.3. The van der Waals surface area contributed by atoms with Gasteiger partial charge in [-0.2, -0.15) is 0 Å². The molecular formula is C22H35ClO10. The van der Waals surface area contributed by atoms with Gasteiger partial charge in [-0.3, -0.25) is 9.59 Å². The van der Waals surface area contributed by atoms with Crippen LogP contribution >= 0.6 is 11.6 Å². The van der Waals surface area contributed by atoms with E-state index in [1.54, 1.807) is 13.8 Å². The highest BCUT2D eigenvalue weighted by molar-refractivity contribution is 6.44. The standard InChI is InChI=1S/C22H35ClO10/c1-7-16-13(4)17(31-14(5)24)18(32-15(6)25)19(33-16)30-12-10-11-22(23,20(26)28-8-2)21(27)29-9-3/h13,16-19H,7-12H2,1-6H3/t13-,16-,17+,18+,19?/m1/s1. The van der Waals surface area contributed by atoms with E-state index in [2.05, 4.69) is 0 Å². The van der Waals surface area contributed by atoms with E-state index in [1.807, 2.05) is 13.8 Å². The summed E-state index contributed by atoms with van der Waals surface area (Å²) in [5.41, 5.74) is 0. The lowest BCUT2D eigenvalue weighted by Crippen LogP contribution is -2.57. The Bertz CT molecular complexity index is 664. The van der Waals surface area contributed by atoms with E-state index in [0.717, 1.165) is 0 Å². The lowest BCUT2D eigenvalue weighted by Gasteiger charge is -2.44. The summed E-state index contributed by atoms with van der Waals surface area (Å²) in [4.78, 5) is 45.9. The van der Waals surface area contributed by atoms with Crippen LogP contribution in [0.25, 0.3) is 0 Å². The SMILES string of the molecule is CCOC(=O)C(Cl)(CCCOC1O[C@H](CC)[C@@H](C)[C@H](OC(C)=O)[C@@H]1OC(C)=O)C(=O)OCC. The molecule has 1 rings (SSSR count). The van der Waals surface area contributed by atoms with E-state index >= 15 is 0 Å². The van der Waals surface area contributed by atoms with Gasteiger partial charge >= 0.3 is 23.9 Å². The van der Waals surface area contributed by atoms with Gasteiger partial charge in [0.25, 0.3) is 0 Å². The van der Waals surface area contributed by atoms with Crippen LogP contribution in [0, 0.1) is 5.92 Å².